The molecule has 2 aromatic rings. The molecule has 2 atom stereocenters. The van der Waals surface area contributed by atoms with Crippen molar-refractivity contribution in [3.8, 4) is 0 Å². The molecule has 3 N–H and O–H groups in total. The van der Waals surface area contributed by atoms with Crippen LogP contribution in [0.5, 0.6) is 0 Å². The molecule has 1 aromatic heterocycles. The minimum Gasteiger partial charge on any atom is -0.361 e. The molecule has 0 aliphatic carbocycles. The number of hydrogen-bond donors (Lipinski definition) is 3. The molecule has 1 heterocycles. The lowest BCUT2D eigenvalue weighted by atomic mass is 9.84. The van der Waals surface area contributed by atoms with Crippen LogP contribution in [0, 0.1) is 11.8 Å². The van der Waals surface area contributed by atoms with E-state index in [4.69, 9.17) is 0 Å². The van der Waals surface area contributed by atoms with Gasteiger partial charge in [-0.15, -0.1) is 0 Å². The molecule has 3 heteroatoms. The molecule has 0 spiro atoms. The molecule has 0 radical (unpaired) electrons. The van der Waals surface area contributed by atoms with Crippen molar-refractivity contribution in [2.24, 2.45) is 11.8 Å². The van der Waals surface area contributed by atoms with Gasteiger partial charge in [-0.1, -0.05) is 32.0 Å². The molecule has 2 unspecified atom stereocenters. The summed E-state index contributed by atoms with van der Waals surface area (Å²) < 4.78 is 0. The van der Waals surface area contributed by atoms with Crippen molar-refractivity contribution in [2.45, 2.75) is 19.9 Å². The average Bonchev–Trinajstić information content (AvgIpc) is 2.83. The normalized spacial score (nSPS) is 15.0. The summed E-state index contributed by atoms with van der Waals surface area (Å²) in [4.78, 5) is 3.38. The van der Waals surface area contributed by atoms with Crippen LogP contribution in [0.3, 0.4) is 0 Å². The third-order valence-corrected chi connectivity index (χ3v) is 3.99. The second-order valence-corrected chi connectivity index (χ2v) is 5.52. The Labute approximate surface area is 115 Å². The smallest absolute Gasteiger partial charge is 0.0457 e. The zero-order chi connectivity index (χ0) is 13.8. The lowest BCUT2D eigenvalue weighted by molar-refractivity contribution is 0.286. The Morgan fingerprint density at radius 3 is 2.53 bits per heavy atom. The molecule has 0 aliphatic heterocycles. The Balaban J connectivity index is 2.40. The number of H-pyrrole nitrogens is 1. The van der Waals surface area contributed by atoms with E-state index in [0.29, 0.717) is 17.9 Å². The first-order valence-corrected chi connectivity index (χ1v) is 7.07. The van der Waals surface area contributed by atoms with Gasteiger partial charge in [0.2, 0.25) is 0 Å². The second kappa shape index (κ2) is 6.22. The zero-order valence-electron chi connectivity index (χ0n) is 12.3. The summed E-state index contributed by atoms with van der Waals surface area (Å²) >= 11 is 0. The molecule has 19 heavy (non-hydrogen) atoms. The Hall–Kier alpha value is -1.32. The highest BCUT2D eigenvalue weighted by Gasteiger charge is 2.26. The van der Waals surface area contributed by atoms with E-state index in [1.54, 1.807) is 0 Å². The molecule has 1 aromatic carbocycles. The highest BCUT2D eigenvalue weighted by molar-refractivity contribution is 5.83. The molecule has 0 fully saturated rings. The quantitative estimate of drug-likeness (QED) is 0.746. The number of para-hydroxylation sites is 1. The molecule has 0 aliphatic rings. The van der Waals surface area contributed by atoms with Crippen molar-refractivity contribution in [3.63, 3.8) is 0 Å². The van der Waals surface area contributed by atoms with E-state index in [9.17, 15) is 0 Å². The fourth-order valence-corrected chi connectivity index (χ4v) is 2.93. The lowest BCUT2D eigenvalue weighted by Crippen LogP contribution is -2.35. The topological polar surface area (TPSA) is 39.8 Å². The number of nitrogens with one attached hydrogen (secondary N) is 3. The van der Waals surface area contributed by atoms with Crippen LogP contribution in [0.1, 0.15) is 25.5 Å². The number of rotatable bonds is 6. The van der Waals surface area contributed by atoms with Crippen molar-refractivity contribution in [1.29, 1.82) is 0 Å². The highest BCUT2D eigenvalue weighted by atomic mass is 14.9. The number of aromatic amines is 1. The largest absolute Gasteiger partial charge is 0.361 e. The van der Waals surface area contributed by atoms with E-state index in [1.165, 1.54) is 16.5 Å². The first-order chi connectivity index (χ1) is 9.19. The Morgan fingerprint density at radius 2 is 1.89 bits per heavy atom. The minimum atomic E-state index is 0.364. The van der Waals surface area contributed by atoms with Crippen LogP contribution in [0.15, 0.2) is 30.5 Å². The maximum absolute atomic E-state index is 3.50. The Bertz CT molecular complexity index is 515. The van der Waals surface area contributed by atoms with Gasteiger partial charge in [-0.3, -0.25) is 0 Å². The van der Waals surface area contributed by atoms with Crippen LogP contribution in [0.25, 0.3) is 10.9 Å². The summed E-state index contributed by atoms with van der Waals surface area (Å²) in [5.41, 5.74) is 2.58. The molecule has 0 saturated heterocycles. The van der Waals surface area contributed by atoms with Gasteiger partial charge in [-0.05, 0) is 44.1 Å². The van der Waals surface area contributed by atoms with Gasteiger partial charge in [0, 0.05) is 23.1 Å². The van der Waals surface area contributed by atoms with Gasteiger partial charge in [0.15, 0.2) is 0 Å². The molecule has 3 nitrogen and oxygen atoms in total. The Kier molecular flexibility index (Phi) is 4.61. The van der Waals surface area contributed by atoms with E-state index in [1.807, 2.05) is 7.05 Å². The van der Waals surface area contributed by atoms with Crippen LogP contribution < -0.4 is 10.6 Å². The first kappa shape index (κ1) is 14.1. The van der Waals surface area contributed by atoms with Gasteiger partial charge in [-0.25, -0.2) is 0 Å². The third kappa shape index (κ3) is 2.82. The molecule has 104 valence electrons. The molecule has 0 amide bonds. The van der Waals surface area contributed by atoms with Crippen molar-refractivity contribution in [1.82, 2.24) is 15.6 Å². The fraction of sp³-hybridized carbons (Fsp3) is 0.500. The van der Waals surface area contributed by atoms with E-state index in [0.717, 1.165) is 6.54 Å². The number of hydrogen-bond acceptors (Lipinski definition) is 2. The van der Waals surface area contributed by atoms with Gasteiger partial charge in [0.25, 0.3) is 0 Å². The van der Waals surface area contributed by atoms with Gasteiger partial charge in [-0.2, -0.15) is 0 Å². The van der Waals surface area contributed by atoms with Crippen molar-refractivity contribution >= 4 is 10.9 Å². The molecule has 0 bridgehead atoms. The summed E-state index contributed by atoms with van der Waals surface area (Å²) in [7, 11) is 4.08. The molecular formula is C16H25N3. The maximum atomic E-state index is 3.50. The monoisotopic (exact) mass is 259 g/mol. The van der Waals surface area contributed by atoms with E-state index in [-0.39, 0.29) is 0 Å². The standard InChI is InChI=1S/C16H25N3/c1-11(2)13(9-17-3)16(18-4)14-10-19-15-8-6-5-7-12(14)15/h5-8,10-11,13,16-19H,9H2,1-4H3. The average molecular weight is 259 g/mol. The number of aromatic nitrogens is 1. The minimum absolute atomic E-state index is 0.364. The first-order valence-electron chi connectivity index (χ1n) is 7.07. The van der Waals surface area contributed by atoms with Gasteiger partial charge in [0.05, 0.1) is 0 Å². The third-order valence-electron chi connectivity index (χ3n) is 3.99. The van der Waals surface area contributed by atoms with Crippen LogP contribution in [0.4, 0.5) is 0 Å². The van der Waals surface area contributed by atoms with Crippen LogP contribution in [-0.4, -0.2) is 25.6 Å². The SMILES string of the molecule is CNCC(C(C)C)C(NC)c1c[nH]c2ccccc12. The summed E-state index contributed by atoms with van der Waals surface area (Å²) in [6.07, 6.45) is 2.15. The molecular weight excluding hydrogens is 234 g/mol. The maximum Gasteiger partial charge on any atom is 0.0457 e. The summed E-state index contributed by atoms with van der Waals surface area (Å²) in [5.74, 6) is 1.19. The summed E-state index contributed by atoms with van der Waals surface area (Å²) in [6, 6.07) is 8.87. The van der Waals surface area contributed by atoms with Crippen LogP contribution >= 0.6 is 0 Å². The van der Waals surface area contributed by atoms with Crippen LogP contribution in [0.2, 0.25) is 0 Å². The Morgan fingerprint density at radius 1 is 1.16 bits per heavy atom. The molecule has 0 saturated carbocycles. The van der Waals surface area contributed by atoms with Crippen molar-refractivity contribution < 1.29 is 0 Å². The second-order valence-electron chi connectivity index (χ2n) is 5.52. The zero-order valence-corrected chi connectivity index (χ0v) is 12.3. The van der Waals surface area contributed by atoms with E-state index >= 15 is 0 Å². The number of fused-ring (bicyclic) bond motifs is 1. The highest BCUT2D eigenvalue weighted by Crippen LogP contribution is 2.32. The van der Waals surface area contributed by atoms with Gasteiger partial charge in [0.1, 0.15) is 0 Å². The predicted molar refractivity (Wildman–Crippen MR) is 82.4 cm³/mol. The van der Waals surface area contributed by atoms with Crippen LogP contribution in [-0.2, 0) is 0 Å². The van der Waals surface area contributed by atoms with Gasteiger partial charge >= 0.3 is 0 Å². The predicted octanol–water partition coefficient (Wildman–Crippen LogP) is 2.92. The van der Waals surface area contributed by atoms with E-state index < -0.39 is 0 Å². The number of benzene rings is 1. The lowest BCUT2D eigenvalue weighted by Gasteiger charge is -2.30. The summed E-state index contributed by atoms with van der Waals surface area (Å²) in [5, 5.41) is 8.15. The van der Waals surface area contributed by atoms with E-state index in [2.05, 4.69) is 67.0 Å². The molecule has 2 rings (SSSR count). The fourth-order valence-electron chi connectivity index (χ4n) is 2.93. The van der Waals surface area contributed by atoms with Crippen molar-refractivity contribution in [3.05, 3.63) is 36.0 Å². The summed E-state index contributed by atoms with van der Waals surface area (Å²) in [6.45, 7) is 5.60. The van der Waals surface area contributed by atoms with Gasteiger partial charge < -0.3 is 15.6 Å². The van der Waals surface area contributed by atoms with Crippen molar-refractivity contribution in [2.75, 3.05) is 20.6 Å².